The largest absolute Gasteiger partial charge is 0.462 e. The average Bonchev–Trinajstić information content (AvgIpc) is 3.35. The predicted molar refractivity (Wildman–Crippen MR) is 98.9 cm³/mol. The Balaban J connectivity index is 1.28. The summed E-state index contributed by atoms with van der Waals surface area (Å²) in [4.78, 5) is 18.3. The fourth-order valence-electron chi connectivity index (χ4n) is 3.08. The molecule has 7 nitrogen and oxygen atoms in total. The summed E-state index contributed by atoms with van der Waals surface area (Å²) in [5.74, 6) is 1.15. The number of hydrogen-bond acceptors (Lipinski definition) is 7. The molecule has 1 aliphatic heterocycles. The zero-order chi connectivity index (χ0) is 17.8. The average molecular weight is 369 g/mol. The molecule has 26 heavy (non-hydrogen) atoms. The van der Waals surface area contributed by atoms with Crippen molar-refractivity contribution in [3.05, 3.63) is 47.9 Å². The predicted octanol–water partition coefficient (Wildman–Crippen LogP) is 3.01. The lowest BCUT2D eigenvalue weighted by Crippen LogP contribution is -2.38. The summed E-state index contributed by atoms with van der Waals surface area (Å²) in [6, 6.07) is 7.39. The van der Waals surface area contributed by atoms with E-state index in [4.69, 9.17) is 4.42 Å². The van der Waals surface area contributed by atoms with Crippen molar-refractivity contribution in [2.75, 3.05) is 25.0 Å². The quantitative estimate of drug-likeness (QED) is 0.744. The van der Waals surface area contributed by atoms with E-state index in [9.17, 15) is 4.79 Å². The lowest BCUT2D eigenvalue weighted by atomic mass is 9.98. The van der Waals surface area contributed by atoms with E-state index in [1.807, 2.05) is 18.2 Å². The van der Waals surface area contributed by atoms with E-state index in [2.05, 4.69) is 25.4 Å². The van der Waals surface area contributed by atoms with Crippen molar-refractivity contribution in [1.82, 2.24) is 20.1 Å². The number of amides is 1. The highest BCUT2D eigenvalue weighted by Gasteiger charge is 2.25. The minimum Gasteiger partial charge on any atom is -0.462 e. The van der Waals surface area contributed by atoms with Gasteiger partial charge >= 0.3 is 0 Å². The molecule has 1 aliphatic rings. The van der Waals surface area contributed by atoms with Gasteiger partial charge < -0.3 is 9.73 Å². The second-order valence-electron chi connectivity index (χ2n) is 6.26. The van der Waals surface area contributed by atoms with Crippen LogP contribution in [0.5, 0.6) is 0 Å². The van der Waals surface area contributed by atoms with Crippen molar-refractivity contribution in [2.45, 2.75) is 18.8 Å². The third-order valence-electron chi connectivity index (χ3n) is 4.42. The zero-order valence-electron chi connectivity index (χ0n) is 14.2. The van der Waals surface area contributed by atoms with Gasteiger partial charge in [0.1, 0.15) is 5.01 Å². The van der Waals surface area contributed by atoms with E-state index in [0.29, 0.717) is 12.5 Å². The molecule has 1 N–H and O–H groups in total. The second-order valence-corrected chi connectivity index (χ2v) is 7.27. The first-order chi connectivity index (χ1) is 12.8. The molecule has 0 aromatic carbocycles. The molecule has 0 radical (unpaired) electrons. The molecule has 134 valence electrons. The van der Waals surface area contributed by atoms with Gasteiger partial charge in [0.05, 0.1) is 24.7 Å². The molecule has 8 heteroatoms. The molecule has 4 heterocycles. The summed E-state index contributed by atoms with van der Waals surface area (Å²) < 4.78 is 5.38. The Kier molecular flexibility index (Phi) is 5.03. The van der Waals surface area contributed by atoms with E-state index in [1.54, 1.807) is 36.1 Å². The first-order valence-electron chi connectivity index (χ1n) is 8.57. The van der Waals surface area contributed by atoms with Crippen molar-refractivity contribution >= 4 is 22.9 Å². The number of likely N-dealkylation sites (tertiary alicyclic amines) is 1. The molecule has 0 spiro atoms. The molecule has 1 fully saturated rings. The number of piperidine rings is 1. The van der Waals surface area contributed by atoms with Crippen LogP contribution < -0.4 is 5.32 Å². The Labute approximate surface area is 155 Å². The number of hydrogen-bond donors (Lipinski definition) is 1. The van der Waals surface area contributed by atoms with Crippen molar-refractivity contribution in [2.24, 2.45) is 0 Å². The number of furan rings is 1. The molecule has 1 saturated heterocycles. The van der Waals surface area contributed by atoms with Crippen LogP contribution in [0.25, 0.3) is 10.8 Å². The summed E-state index contributed by atoms with van der Waals surface area (Å²) >= 11 is 1.59. The number of anilines is 1. The van der Waals surface area contributed by atoms with Gasteiger partial charge in [-0.15, -0.1) is 10.2 Å². The normalized spacial score (nSPS) is 15.8. The lowest BCUT2D eigenvalue weighted by molar-refractivity contribution is -0.117. The van der Waals surface area contributed by atoms with Gasteiger partial charge in [0.25, 0.3) is 0 Å². The summed E-state index contributed by atoms with van der Waals surface area (Å²) in [6.07, 6.45) is 6.94. The summed E-state index contributed by atoms with van der Waals surface area (Å²) in [6.45, 7) is 2.15. The number of aromatic nitrogens is 3. The minimum atomic E-state index is -0.00697. The van der Waals surface area contributed by atoms with Crippen molar-refractivity contribution < 1.29 is 9.21 Å². The number of pyridine rings is 1. The maximum atomic E-state index is 12.2. The highest BCUT2D eigenvalue weighted by molar-refractivity contribution is 7.14. The standard InChI is InChI=1S/C18H19N5O2S/c24-16(20-14-3-1-7-19-11-14)12-23-8-5-13(6-9-23)17-21-22-18(26-17)15-4-2-10-25-15/h1-4,7,10-11,13H,5-6,8-9,12H2,(H,20,24). The number of carbonyl (C=O) groups is 1. The van der Waals surface area contributed by atoms with Crippen molar-refractivity contribution in [3.63, 3.8) is 0 Å². The Morgan fingerprint density at radius 2 is 2.15 bits per heavy atom. The maximum Gasteiger partial charge on any atom is 0.238 e. The topological polar surface area (TPSA) is 84.2 Å². The van der Waals surface area contributed by atoms with Gasteiger partial charge in [-0.3, -0.25) is 14.7 Å². The molecule has 4 rings (SSSR count). The number of nitrogens with one attached hydrogen (secondary N) is 1. The van der Waals surface area contributed by atoms with Crippen LogP contribution in [0.3, 0.4) is 0 Å². The van der Waals surface area contributed by atoms with E-state index in [0.717, 1.165) is 47.4 Å². The van der Waals surface area contributed by atoms with Crippen molar-refractivity contribution in [3.8, 4) is 10.8 Å². The van der Waals surface area contributed by atoms with E-state index in [-0.39, 0.29) is 5.91 Å². The molecule has 0 aliphatic carbocycles. The van der Waals surface area contributed by atoms with Crippen LogP contribution in [0.1, 0.15) is 23.8 Å². The van der Waals surface area contributed by atoms with Crippen LogP contribution in [0.2, 0.25) is 0 Å². The Morgan fingerprint density at radius 1 is 1.27 bits per heavy atom. The van der Waals surface area contributed by atoms with Crippen LogP contribution >= 0.6 is 11.3 Å². The fourth-order valence-corrected chi connectivity index (χ4v) is 4.06. The van der Waals surface area contributed by atoms with Gasteiger partial charge in [0.2, 0.25) is 5.91 Å². The summed E-state index contributed by atoms with van der Waals surface area (Å²) in [5, 5.41) is 13.3. The van der Waals surface area contributed by atoms with E-state index in [1.165, 1.54) is 0 Å². The molecule has 0 bridgehead atoms. The number of rotatable bonds is 5. The van der Waals surface area contributed by atoms with Crippen LogP contribution in [0.4, 0.5) is 5.69 Å². The lowest BCUT2D eigenvalue weighted by Gasteiger charge is -2.30. The summed E-state index contributed by atoms with van der Waals surface area (Å²) in [5.41, 5.74) is 0.728. The molecule has 0 unspecified atom stereocenters. The first kappa shape index (κ1) is 16.9. The van der Waals surface area contributed by atoms with Gasteiger partial charge in [-0.2, -0.15) is 0 Å². The van der Waals surface area contributed by atoms with Crippen LogP contribution in [-0.4, -0.2) is 45.6 Å². The maximum absolute atomic E-state index is 12.2. The van der Waals surface area contributed by atoms with Gasteiger partial charge in [-0.1, -0.05) is 11.3 Å². The second kappa shape index (κ2) is 7.76. The Morgan fingerprint density at radius 3 is 2.88 bits per heavy atom. The molecule has 3 aromatic heterocycles. The Hall–Kier alpha value is -2.58. The number of carbonyl (C=O) groups excluding carboxylic acids is 1. The Bertz CT molecular complexity index is 842. The van der Waals surface area contributed by atoms with E-state index >= 15 is 0 Å². The van der Waals surface area contributed by atoms with Gasteiger partial charge in [-0.05, 0) is 50.2 Å². The minimum absolute atomic E-state index is 0.00697. The monoisotopic (exact) mass is 369 g/mol. The molecule has 0 atom stereocenters. The van der Waals surface area contributed by atoms with Crippen LogP contribution in [0.15, 0.2) is 47.3 Å². The smallest absolute Gasteiger partial charge is 0.238 e. The highest BCUT2D eigenvalue weighted by Crippen LogP contribution is 2.33. The highest BCUT2D eigenvalue weighted by atomic mass is 32.1. The zero-order valence-corrected chi connectivity index (χ0v) is 15.0. The van der Waals surface area contributed by atoms with Gasteiger partial charge in [0, 0.05) is 12.1 Å². The fraction of sp³-hybridized carbons (Fsp3) is 0.333. The van der Waals surface area contributed by atoms with Gasteiger partial charge in [0.15, 0.2) is 10.8 Å². The SMILES string of the molecule is O=C(CN1CCC(c2nnc(-c3ccco3)s2)CC1)Nc1cccnc1. The summed E-state index contributed by atoms with van der Waals surface area (Å²) in [7, 11) is 0. The van der Waals surface area contributed by atoms with Crippen LogP contribution in [0, 0.1) is 0 Å². The third kappa shape index (κ3) is 3.97. The molecule has 1 amide bonds. The van der Waals surface area contributed by atoms with Gasteiger partial charge in [-0.25, -0.2) is 0 Å². The third-order valence-corrected chi connectivity index (χ3v) is 5.52. The number of nitrogens with zero attached hydrogens (tertiary/aromatic N) is 4. The molecule has 0 saturated carbocycles. The molecular weight excluding hydrogens is 350 g/mol. The van der Waals surface area contributed by atoms with Crippen LogP contribution in [-0.2, 0) is 4.79 Å². The first-order valence-corrected chi connectivity index (χ1v) is 9.39. The van der Waals surface area contributed by atoms with Crippen molar-refractivity contribution in [1.29, 1.82) is 0 Å². The molecule has 3 aromatic rings. The van der Waals surface area contributed by atoms with E-state index < -0.39 is 0 Å². The molecular formula is C18H19N5O2S.